The number of aromatic nitrogens is 2. The zero-order valence-corrected chi connectivity index (χ0v) is 10.1. The number of benzene rings is 1. The standard InChI is InChI=1S/C12H8ClN3O2/c1-7-2-3-8(4-10(7)13)16-11(5-14)9(6-15-16)12(17)18/h2-4,6H,1H3,(H,17,18). The van der Waals surface area contributed by atoms with Crippen molar-refractivity contribution in [2.24, 2.45) is 0 Å². The van der Waals surface area contributed by atoms with Gasteiger partial charge in [-0.1, -0.05) is 17.7 Å². The average Bonchev–Trinajstić information content (AvgIpc) is 2.76. The van der Waals surface area contributed by atoms with Gasteiger partial charge in [-0.25, -0.2) is 9.48 Å². The van der Waals surface area contributed by atoms with E-state index in [-0.39, 0.29) is 11.3 Å². The summed E-state index contributed by atoms with van der Waals surface area (Å²) in [6.07, 6.45) is 1.15. The predicted octanol–water partition coefficient (Wildman–Crippen LogP) is 2.40. The molecule has 0 amide bonds. The molecular formula is C12H8ClN3O2. The highest BCUT2D eigenvalue weighted by Gasteiger charge is 2.17. The molecule has 0 saturated heterocycles. The van der Waals surface area contributed by atoms with Gasteiger partial charge in [0.2, 0.25) is 0 Å². The summed E-state index contributed by atoms with van der Waals surface area (Å²) >= 11 is 5.99. The minimum atomic E-state index is -1.18. The quantitative estimate of drug-likeness (QED) is 0.900. The monoisotopic (exact) mass is 261 g/mol. The van der Waals surface area contributed by atoms with Crippen LogP contribution < -0.4 is 0 Å². The lowest BCUT2D eigenvalue weighted by atomic mass is 10.2. The molecule has 18 heavy (non-hydrogen) atoms. The van der Waals surface area contributed by atoms with Crippen LogP contribution in [0.2, 0.25) is 5.02 Å². The molecule has 1 aromatic heterocycles. The van der Waals surface area contributed by atoms with Gasteiger partial charge in [0.05, 0.1) is 11.9 Å². The Hall–Kier alpha value is -2.32. The lowest BCUT2D eigenvalue weighted by Crippen LogP contribution is -2.03. The van der Waals surface area contributed by atoms with Crippen molar-refractivity contribution in [3.63, 3.8) is 0 Å². The van der Waals surface area contributed by atoms with Gasteiger partial charge in [0.15, 0.2) is 5.69 Å². The summed E-state index contributed by atoms with van der Waals surface area (Å²) in [5.74, 6) is -1.18. The number of carbonyl (C=O) groups is 1. The van der Waals surface area contributed by atoms with Crippen LogP contribution in [0, 0.1) is 18.3 Å². The van der Waals surface area contributed by atoms with E-state index in [1.165, 1.54) is 4.68 Å². The molecule has 0 aliphatic carbocycles. The first-order valence-corrected chi connectivity index (χ1v) is 5.40. The summed E-state index contributed by atoms with van der Waals surface area (Å²) in [6, 6.07) is 6.97. The van der Waals surface area contributed by atoms with Crippen molar-refractivity contribution in [3.05, 3.63) is 46.2 Å². The first-order valence-electron chi connectivity index (χ1n) is 5.02. The van der Waals surface area contributed by atoms with Gasteiger partial charge in [-0.05, 0) is 24.6 Å². The first-order chi connectivity index (χ1) is 8.54. The number of hydrogen-bond donors (Lipinski definition) is 1. The van der Waals surface area contributed by atoms with Gasteiger partial charge in [0.1, 0.15) is 11.6 Å². The molecule has 1 heterocycles. The van der Waals surface area contributed by atoms with Crippen molar-refractivity contribution < 1.29 is 9.90 Å². The fourth-order valence-electron chi connectivity index (χ4n) is 1.52. The van der Waals surface area contributed by atoms with Gasteiger partial charge in [0.25, 0.3) is 0 Å². The van der Waals surface area contributed by atoms with Gasteiger partial charge < -0.3 is 5.11 Å². The fourth-order valence-corrected chi connectivity index (χ4v) is 1.70. The van der Waals surface area contributed by atoms with E-state index in [4.69, 9.17) is 22.0 Å². The Morgan fingerprint density at radius 2 is 2.28 bits per heavy atom. The number of nitriles is 1. The molecule has 90 valence electrons. The van der Waals surface area contributed by atoms with E-state index in [0.717, 1.165) is 11.8 Å². The van der Waals surface area contributed by atoms with Crippen LogP contribution in [0.15, 0.2) is 24.4 Å². The zero-order chi connectivity index (χ0) is 13.3. The molecule has 0 aliphatic rings. The minimum Gasteiger partial charge on any atom is -0.478 e. The first kappa shape index (κ1) is 12.1. The van der Waals surface area contributed by atoms with Gasteiger partial charge in [-0.15, -0.1) is 0 Å². The molecule has 0 fully saturated rings. The Bertz CT molecular complexity index is 670. The highest BCUT2D eigenvalue weighted by molar-refractivity contribution is 6.31. The maximum Gasteiger partial charge on any atom is 0.340 e. The van der Waals surface area contributed by atoms with Gasteiger partial charge in [0, 0.05) is 5.02 Å². The Morgan fingerprint density at radius 3 is 2.83 bits per heavy atom. The Balaban J connectivity index is 2.61. The molecule has 0 saturated carbocycles. The molecule has 1 aromatic carbocycles. The van der Waals surface area contributed by atoms with Crippen LogP contribution >= 0.6 is 11.6 Å². The Labute approximate surface area is 108 Å². The summed E-state index contributed by atoms with van der Waals surface area (Å²) in [4.78, 5) is 10.9. The highest BCUT2D eigenvalue weighted by atomic mass is 35.5. The van der Waals surface area contributed by atoms with E-state index >= 15 is 0 Å². The third-order valence-corrected chi connectivity index (χ3v) is 2.91. The van der Waals surface area contributed by atoms with Crippen molar-refractivity contribution in [2.75, 3.05) is 0 Å². The maximum absolute atomic E-state index is 10.9. The SMILES string of the molecule is Cc1ccc(-n2ncc(C(=O)O)c2C#N)cc1Cl. The van der Waals surface area contributed by atoms with Crippen molar-refractivity contribution in [1.82, 2.24) is 9.78 Å². The smallest absolute Gasteiger partial charge is 0.340 e. The molecule has 0 unspecified atom stereocenters. The third kappa shape index (κ3) is 1.94. The largest absolute Gasteiger partial charge is 0.478 e. The third-order valence-electron chi connectivity index (χ3n) is 2.51. The molecule has 0 spiro atoms. The molecule has 2 aromatic rings. The summed E-state index contributed by atoms with van der Waals surface area (Å²) in [6.45, 7) is 1.85. The normalized spacial score (nSPS) is 10.1. The Kier molecular flexibility index (Phi) is 3.04. The number of nitrogens with zero attached hydrogens (tertiary/aromatic N) is 3. The molecule has 6 heteroatoms. The number of hydrogen-bond acceptors (Lipinski definition) is 3. The van der Waals surface area contributed by atoms with E-state index in [1.54, 1.807) is 18.2 Å². The fraction of sp³-hybridized carbons (Fsp3) is 0.0833. The summed E-state index contributed by atoms with van der Waals surface area (Å²) < 4.78 is 1.26. The second kappa shape index (κ2) is 4.51. The molecule has 1 N–H and O–H groups in total. The molecule has 0 aliphatic heterocycles. The second-order valence-corrected chi connectivity index (χ2v) is 4.08. The number of carboxylic acid groups (broad SMARTS) is 1. The van der Waals surface area contributed by atoms with Crippen LogP contribution in [0.5, 0.6) is 0 Å². The number of carboxylic acids is 1. The molecule has 0 radical (unpaired) electrons. The minimum absolute atomic E-state index is 0.0255. The summed E-state index contributed by atoms with van der Waals surface area (Å²) in [5, 5.41) is 22.4. The summed E-state index contributed by atoms with van der Waals surface area (Å²) in [5.41, 5.74) is 1.29. The zero-order valence-electron chi connectivity index (χ0n) is 9.38. The topological polar surface area (TPSA) is 78.9 Å². The lowest BCUT2D eigenvalue weighted by Gasteiger charge is -2.05. The van der Waals surface area contributed by atoms with Crippen LogP contribution in [0.4, 0.5) is 0 Å². The maximum atomic E-state index is 10.9. The van der Waals surface area contributed by atoms with Gasteiger partial charge in [-0.3, -0.25) is 0 Å². The van der Waals surface area contributed by atoms with E-state index in [9.17, 15) is 4.79 Å². The highest BCUT2D eigenvalue weighted by Crippen LogP contribution is 2.21. The molecule has 0 bridgehead atoms. The molecular weight excluding hydrogens is 254 g/mol. The van der Waals surface area contributed by atoms with E-state index in [2.05, 4.69) is 5.10 Å². The molecule has 2 rings (SSSR count). The van der Waals surface area contributed by atoms with E-state index < -0.39 is 5.97 Å². The Morgan fingerprint density at radius 1 is 1.56 bits per heavy atom. The van der Waals surface area contributed by atoms with Crippen LogP contribution in [0.1, 0.15) is 21.6 Å². The van der Waals surface area contributed by atoms with E-state index in [1.807, 2.05) is 13.0 Å². The van der Waals surface area contributed by atoms with Crippen LogP contribution in [0.25, 0.3) is 5.69 Å². The summed E-state index contributed by atoms with van der Waals surface area (Å²) in [7, 11) is 0. The van der Waals surface area contributed by atoms with Crippen molar-refractivity contribution >= 4 is 17.6 Å². The second-order valence-electron chi connectivity index (χ2n) is 3.67. The van der Waals surface area contributed by atoms with Crippen LogP contribution in [0.3, 0.4) is 0 Å². The molecule has 5 nitrogen and oxygen atoms in total. The number of rotatable bonds is 2. The van der Waals surface area contributed by atoms with Crippen molar-refractivity contribution in [1.29, 1.82) is 5.26 Å². The van der Waals surface area contributed by atoms with Gasteiger partial charge in [-0.2, -0.15) is 10.4 Å². The van der Waals surface area contributed by atoms with Crippen molar-refractivity contribution in [3.8, 4) is 11.8 Å². The van der Waals surface area contributed by atoms with Crippen molar-refractivity contribution in [2.45, 2.75) is 6.92 Å². The lowest BCUT2D eigenvalue weighted by molar-refractivity contribution is 0.0696. The number of halogens is 1. The van der Waals surface area contributed by atoms with E-state index in [0.29, 0.717) is 10.7 Å². The molecule has 0 atom stereocenters. The number of aromatic carboxylic acids is 1. The van der Waals surface area contributed by atoms with Crippen LogP contribution in [-0.2, 0) is 0 Å². The van der Waals surface area contributed by atoms with Crippen LogP contribution in [-0.4, -0.2) is 20.9 Å². The number of aryl methyl sites for hydroxylation is 1. The predicted molar refractivity (Wildman–Crippen MR) is 65.0 cm³/mol. The van der Waals surface area contributed by atoms with Gasteiger partial charge >= 0.3 is 5.97 Å². The average molecular weight is 262 g/mol.